The van der Waals surface area contributed by atoms with E-state index in [-0.39, 0.29) is 12.4 Å². The van der Waals surface area contributed by atoms with E-state index in [0.29, 0.717) is 29.7 Å². The van der Waals surface area contributed by atoms with E-state index in [1.54, 1.807) is 14.2 Å². The highest BCUT2D eigenvalue weighted by molar-refractivity contribution is 6.32. The quantitative estimate of drug-likeness (QED) is 0.644. The first kappa shape index (κ1) is 21.4. The van der Waals surface area contributed by atoms with E-state index in [0.717, 1.165) is 24.3 Å². The van der Waals surface area contributed by atoms with Crippen molar-refractivity contribution in [3.05, 3.63) is 52.5 Å². The van der Waals surface area contributed by atoms with Crippen LogP contribution in [0.2, 0.25) is 5.02 Å². The second-order valence-corrected chi connectivity index (χ2v) is 5.69. The molecule has 138 valence electrons. The van der Waals surface area contributed by atoms with Crippen LogP contribution < -0.4 is 19.5 Å². The van der Waals surface area contributed by atoms with Gasteiger partial charge in [0.15, 0.2) is 11.5 Å². The van der Waals surface area contributed by atoms with Crippen LogP contribution in [0.1, 0.15) is 18.1 Å². The Kier molecular flexibility index (Phi) is 9.50. The van der Waals surface area contributed by atoms with Crippen LogP contribution in [0.15, 0.2) is 36.4 Å². The average molecular weight is 386 g/mol. The van der Waals surface area contributed by atoms with Crippen LogP contribution in [0.25, 0.3) is 0 Å². The summed E-state index contributed by atoms with van der Waals surface area (Å²) in [5, 5.41) is 3.99. The zero-order valence-corrected chi connectivity index (χ0v) is 16.4. The highest BCUT2D eigenvalue weighted by atomic mass is 35.5. The predicted molar refractivity (Wildman–Crippen MR) is 105 cm³/mol. The lowest BCUT2D eigenvalue weighted by Gasteiger charge is -2.14. The highest BCUT2D eigenvalue weighted by Gasteiger charge is 2.11. The van der Waals surface area contributed by atoms with Crippen molar-refractivity contribution in [3.63, 3.8) is 0 Å². The van der Waals surface area contributed by atoms with E-state index in [9.17, 15) is 0 Å². The molecule has 0 saturated carbocycles. The van der Waals surface area contributed by atoms with Gasteiger partial charge < -0.3 is 19.5 Å². The number of hydrogen-bond donors (Lipinski definition) is 1. The maximum Gasteiger partial charge on any atom is 0.179 e. The van der Waals surface area contributed by atoms with Gasteiger partial charge in [0, 0.05) is 6.54 Å². The molecule has 0 aliphatic carbocycles. The summed E-state index contributed by atoms with van der Waals surface area (Å²) in [4.78, 5) is 0. The molecular weight excluding hydrogens is 361 g/mol. The number of halogens is 2. The number of para-hydroxylation sites is 1. The Labute approximate surface area is 160 Å². The molecule has 0 atom stereocenters. The maximum absolute atomic E-state index is 6.27. The SMILES string of the molecule is CCOc1cc(CNCCc2ccccc2OC)cc(Cl)c1OC.Cl. The minimum absolute atomic E-state index is 0. The van der Waals surface area contributed by atoms with Crippen molar-refractivity contribution in [2.24, 2.45) is 0 Å². The van der Waals surface area contributed by atoms with Crippen LogP contribution in [0, 0.1) is 0 Å². The van der Waals surface area contributed by atoms with E-state index in [1.807, 2.05) is 37.3 Å². The minimum atomic E-state index is 0. The molecule has 0 unspecified atom stereocenters. The third-order valence-electron chi connectivity index (χ3n) is 3.67. The van der Waals surface area contributed by atoms with Crippen LogP contribution in [-0.2, 0) is 13.0 Å². The number of hydrogen-bond acceptors (Lipinski definition) is 4. The van der Waals surface area contributed by atoms with Crippen molar-refractivity contribution >= 4 is 24.0 Å². The lowest BCUT2D eigenvalue weighted by Crippen LogP contribution is -2.17. The summed E-state index contributed by atoms with van der Waals surface area (Å²) in [6, 6.07) is 11.9. The molecule has 0 heterocycles. The van der Waals surface area contributed by atoms with Crippen molar-refractivity contribution in [1.29, 1.82) is 0 Å². The number of benzene rings is 2. The molecule has 0 saturated heterocycles. The summed E-state index contributed by atoms with van der Waals surface area (Å²) in [5.74, 6) is 2.18. The molecule has 2 aromatic carbocycles. The first-order valence-corrected chi connectivity index (χ1v) is 8.39. The van der Waals surface area contributed by atoms with Crippen molar-refractivity contribution in [1.82, 2.24) is 5.32 Å². The lowest BCUT2D eigenvalue weighted by molar-refractivity contribution is 0.310. The maximum atomic E-state index is 6.27. The number of methoxy groups -OCH3 is 2. The first-order chi connectivity index (χ1) is 11.7. The molecule has 0 amide bonds. The third-order valence-corrected chi connectivity index (χ3v) is 3.95. The fraction of sp³-hybridized carbons (Fsp3) is 0.368. The summed E-state index contributed by atoms with van der Waals surface area (Å²) in [6.45, 7) is 4.05. The van der Waals surface area contributed by atoms with E-state index < -0.39 is 0 Å². The fourth-order valence-corrected chi connectivity index (χ4v) is 2.86. The Balaban J connectivity index is 0.00000312. The van der Waals surface area contributed by atoms with Crippen molar-refractivity contribution < 1.29 is 14.2 Å². The van der Waals surface area contributed by atoms with Gasteiger partial charge in [0.2, 0.25) is 0 Å². The monoisotopic (exact) mass is 385 g/mol. The Morgan fingerprint density at radius 3 is 2.48 bits per heavy atom. The summed E-state index contributed by atoms with van der Waals surface area (Å²) in [6.07, 6.45) is 0.895. The van der Waals surface area contributed by atoms with E-state index in [4.69, 9.17) is 25.8 Å². The Bertz CT molecular complexity index is 665. The Morgan fingerprint density at radius 1 is 1.04 bits per heavy atom. The van der Waals surface area contributed by atoms with Gasteiger partial charge in [0.1, 0.15) is 5.75 Å². The van der Waals surface area contributed by atoms with E-state index in [1.165, 1.54) is 5.56 Å². The fourth-order valence-electron chi connectivity index (χ4n) is 2.55. The third kappa shape index (κ3) is 5.99. The van der Waals surface area contributed by atoms with Crippen LogP contribution in [0.3, 0.4) is 0 Å². The lowest BCUT2D eigenvalue weighted by atomic mass is 10.1. The van der Waals surface area contributed by atoms with Crippen molar-refractivity contribution in [2.45, 2.75) is 19.9 Å². The molecule has 0 radical (unpaired) electrons. The van der Waals surface area contributed by atoms with Crippen LogP contribution in [0.4, 0.5) is 0 Å². The zero-order chi connectivity index (χ0) is 17.4. The van der Waals surface area contributed by atoms with Crippen LogP contribution in [-0.4, -0.2) is 27.4 Å². The summed E-state index contributed by atoms with van der Waals surface area (Å²) >= 11 is 6.27. The summed E-state index contributed by atoms with van der Waals surface area (Å²) < 4.78 is 16.3. The van der Waals surface area contributed by atoms with Gasteiger partial charge in [-0.25, -0.2) is 0 Å². The normalized spacial score (nSPS) is 10.1. The Hall–Kier alpha value is -1.62. The van der Waals surface area contributed by atoms with Gasteiger partial charge in [-0.1, -0.05) is 29.8 Å². The van der Waals surface area contributed by atoms with Crippen LogP contribution >= 0.6 is 24.0 Å². The second-order valence-electron chi connectivity index (χ2n) is 5.28. The molecule has 0 aromatic heterocycles. The van der Waals surface area contributed by atoms with Gasteiger partial charge in [0.05, 0.1) is 25.8 Å². The highest BCUT2D eigenvalue weighted by Crippen LogP contribution is 2.36. The topological polar surface area (TPSA) is 39.7 Å². The molecule has 0 spiro atoms. The van der Waals surface area contributed by atoms with E-state index >= 15 is 0 Å². The zero-order valence-electron chi connectivity index (χ0n) is 14.8. The van der Waals surface area contributed by atoms with Gasteiger partial charge >= 0.3 is 0 Å². The standard InChI is InChI=1S/C19H24ClNO3.ClH/c1-4-24-18-12-14(11-16(20)19(18)23-3)13-21-10-9-15-7-5-6-8-17(15)22-2;/h5-8,11-12,21H,4,9-10,13H2,1-3H3;1H. The first-order valence-electron chi connectivity index (χ1n) is 8.01. The Morgan fingerprint density at radius 2 is 1.80 bits per heavy atom. The van der Waals surface area contributed by atoms with Crippen molar-refractivity contribution in [3.8, 4) is 17.2 Å². The molecule has 1 N–H and O–H groups in total. The molecule has 2 aromatic rings. The molecule has 4 nitrogen and oxygen atoms in total. The van der Waals surface area contributed by atoms with E-state index in [2.05, 4.69) is 11.4 Å². The van der Waals surface area contributed by atoms with Gasteiger partial charge in [-0.3, -0.25) is 0 Å². The number of nitrogens with one attached hydrogen (secondary N) is 1. The van der Waals surface area contributed by atoms with Crippen LogP contribution in [0.5, 0.6) is 17.2 Å². The largest absolute Gasteiger partial charge is 0.496 e. The van der Waals surface area contributed by atoms with Crippen molar-refractivity contribution in [2.75, 3.05) is 27.4 Å². The summed E-state index contributed by atoms with van der Waals surface area (Å²) in [5.41, 5.74) is 2.25. The number of rotatable bonds is 9. The van der Waals surface area contributed by atoms with Gasteiger partial charge in [-0.15, -0.1) is 12.4 Å². The molecule has 0 fully saturated rings. The molecule has 25 heavy (non-hydrogen) atoms. The summed E-state index contributed by atoms with van der Waals surface area (Å²) in [7, 11) is 3.29. The predicted octanol–water partition coefficient (Wildman–Crippen LogP) is 4.51. The molecule has 0 aliphatic rings. The average Bonchev–Trinajstić information content (AvgIpc) is 2.59. The second kappa shape index (κ2) is 11.1. The molecule has 0 bridgehead atoms. The molecule has 2 rings (SSSR count). The van der Waals surface area contributed by atoms with Gasteiger partial charge in [-0.05, 0) is 49.2 Å². The van der Waals surface area contributed by atoms with Gasteiger partial charge in [-0.2, -0.15) is 0 Å². The molecule has 0 aliphatic heterocycles. The minimum Gasteiger partial charge on any atom is -0.496 e. The molecule has 6 heteroatoms. The number of ether oxygens (including phenoxy) is 3. The smallest absolute Gasteiger partial charge is 0.179 e. The molecular formula is C19H25Cl2NO3. The van der Waals surface area contributed by atoms with Gasteiger partial charge in [0.25, 0.3) is 0 Å².